The first-order valence-electron chi connectivity index (χ1n) is 20.9. The van der Waals surface area contributed by atoms with Crippen molar-refractivity contribution in [3.05, 3.63) is 94.6 Å². The Morgan fingerprint density at radius 2 is 0.932 bits per heavy atom. The van der Waals surface area contributed by atoms with Gasteiger partial charge in [0.15, 0.2) is 0 Å². The molecule has 0 aliphatic heterocycles. The number of hydrogen-bond acceptors (Lipinski definition) is 12. The highest BCUT2D eigenvalue weighted by atomic mass is 16.6. The molecule has 12 nitrogen and oxygen atoms in total. The molecule has 0 spiro atoms. The summed E-state index contributed by atoms with van der Waals surface area (Å²) in [6.45, 7) is 31.0. The third kappa shape index (κ3) is 13.6. The van der Waals surface area contributed by atoms with Gasteiger partial charge in [-0.05, 0) is 92.5 Å². The summed E-state index contributed by atoms with van der Waals surface area (Å²) in [6.07, 6.45) is 11.4. The van der Waals surface area contributed by atoms with Crippen LogP contribution in [-0.2, 0) is 57.0 Å². The summed E-state index contributed by atoms with van der Waals surface area (Å²) < 4.78 is 58.9. The molecule has 0 radical (unpaired) electrons. The molecule has 4 aliphatic carbocycles. The molecule has 0 saturated carbocycles. The average molecular weight is 825 g/mol. The normalized spacial score (nSPS) is 23.0. The Kier molecular flexibility index (Phi) is 18.0. The van der Waals surface area contributed by atoms with E-state index in [1.165, 1.54) is 22.3 Å². The van der Waals surface area contributed by atoms with Gasteiger partial charge in [-0.25, -0.2) is 9.59 Å². The second kappa shape index (κ2) is 22.2. The number of hydrogen-bond donors (Lipinski definition) is 0. The zero-order valence-corrected chi connectivity index (χ0v) is 37.1. The summed E-state index contributed by atoms with van der Waals surface area (Å²) in [5.74, 6) is 1.06. The van der Waals surface area contributed by atoms with Crippen LogP contribution in [0.4, 0.5) is 0 Å². The molecule has 0 aromatic heterocycles. The van der Waals surface area contributed by atoms with Crippen molar-refractivity contribution in [1.82, 2.24) is 0 Å². The number of esters is 2. The van der Waals surface area contributed by atoms with E-state index >= 15 is 0 Å². The molecular weight excluding hydrogens is 757 g/mol. The second-order valence-corrected chi connectivity index (χ2v) is 16.6. The van der Waals surface area contributed by atoms with Crippen molar-refractivity contribution in [2.75, 3.05) is 52.9 Å². The maximum Gasteiger partial charge on any atom is 0.333 e. The van der Waals surface area contributed by atoms with Crippen molar-refractivity contribution in [2.24, 2.45) is 11.3 Å². The predicted octanol–water partition coefficient (Wildman–Crippen LogP) is 7.62. The van der Waals surface area contributed by atoms with Crippen molar-refractivity contribution in [3.8, 4) is 0 Å². The molecule has 0 saturated heterocycles. The van der Waals surface area contributed by atoms with E-state index in [-0.39, 0.29) is 73.4 Å². The van der Waals surface area contributed by atoms with Gasteiger partial charge in [0.2, 0.25) is 0 Å². The highest BCUT2D eigenvalue weighted by Crippen LogP contribution is 2.62. The minimum atomic E-state index is -0.423. The van der Waals surface area contributed by atoms with Gasteiger partial charge >= 0.3 is 11.9 Å². The highest BCUT2D eigenvalue weighted by Gasteiger charge is 2.53. The number of rotatable bonds is 29. The van der Waals surface area contributed by atoms with Crippen LogP contribution in [0.5, 0.6) is 0 Å². The SMILES string of the molecule is C=C(C)C(=O)OC(C)COC(C)COC(C)COC(C)COC1=CC2=CC=C1C2C1(C)C2=CC=C1C(OCC(C)OCC(C)OCC(C)OCC(C)OC(=O)C(=C)C)=C2. The first-order valence-corrected chi connectivity index (χ1v) is 20.9. The first kappa shape index (κ1) is 47.9. The molecule has 4 rings (SSSR count). The van der Waals surface area contributed by atoms with Gasteiger partial charge in [0.1, 0.15) is 36.9 Å². The summed E-state index contributed by atoms with van der Waals surface area (Å²) in [4.78, 5) is 23.4. The van der Waals surface area contributed by atoms with Gasteiger partial charge in [-0.2, -0.15) is 0 Å². The summed E-state index contributed by atoms with van der Waals surface area (Å²) in [5, 5.41) is 0. The average Bonchev–Trinajstić information content (AvgIpc) is 3.94. The van der Waals surface area contributed by atoms with E-state index in [0.717, 1.165) is 11.5 Å². The third-order valence-electron chi connectivity index (χ3n) is 10.4. The number of ether oxygens (including phenoxy) is 10. The van der Waals surface area contributed by atoms with Gasteiger partial charge in [0, 0.05) is 33.6 Å². The van der Waals surface area contributed by atoms with E-state index in [1.54, 1.807) is 27.7 Å². The van der Waals surface area contributed by atoms with Crippen molar-refractivity contribution < 1.29 is 57.0 Å². The van der Waals surface area contributed by atoms with E-state index in [1.807, 2.05) is 41.5 Å². The minimum absolute atomic E-state index is 0.137. The van der Waals surface area contributed by atoms with Crippen molar-refractivity contribution in [3.63, 3.8) is 0 Å². The number of allylic oxidation sites excluding steroid dienone is 10. The van der Waals surface area contributed by atoms with Gasteiger partial charge < -0.3 is 47.4 Å². The smallest absolute Gasteiger partial charge is 0.333 e. The Morgan fingerprint density at radius 3 is 1.36 bits per heavy atom. The fraction of sp³-hybridized carbons (Fsp3) is 0.617. The van der Waals surface area contributed by atoms with Crippen molar-refractivity contribution in [1.29, 1.82) is 0 Å². The molecule has 12 heteroatoms. The summed E-state index contributed by atoms with van der Waals surface area (Å²) in [6, 6.07) is 0. The maximum atomic E-state index is 11.7. The fourth-order valence-corrected chi connectivity index (χ4v) is 6.93. The van der Waals surface area contributed by atoms with Crippen molar-refractivity contribution in [2.45, 2.75) is 125 Å². The number of carbonyl (C=O) groups excluding carboxylic acids is 2. The van der Waals surface area contributed by atoms with Crippen LogP contribution in [0.15, 0.2) is 94.6 Å². The standard InChI is InChI=1S/C47H68O12/c1-28(2)45(48)58-36(11)26-54-32(7)22-50-30(5)20-52-34(9)24-56-42-18-38-14-16-40(42)44(38)47(13)39-15-17-41(47)43(19-39)57-25-35(10)53-21-31(6)51-23-33(8)55-27-37(12)59-46(49)29(3)4/h14-19,30-37,44H,1,3,20-27H2,2,4-13H3. The molecule has 0 fully saturated rings. The lowest BCUT2D eigenvalue weighted by molar-refractivity contribution is -0.149. The van der Waals surface area contributed by atoms with Crippen LogP contribution in [0.25, 0.3) is 0 Å². The Labute approximate surface area is 351 Å². The molecular formula is C47H68O12. The summed E-state index contributed by atoms with van der Waals surface area (Å²) in [5.41, 5.74) is 5.25. The zero-order valence-electron chi connectivity index (χ0n) is 37.1. The molecule has 0 aromatic rings. The van der Waals surface area contributed by atoms with E-state index in [0.29, 0.717) is 50.8 Å². The molecule has 10 atom stereocenters. The maximum absolute atomic E-state index is 11.7. The summed E-state index contributed by atoms with van der Waals surface area (Å²) in [7, 11) is 0. The molecule has 4 bridgehead atoms. The second-order valence-electron chi connectivity index (χ2n) is 16.6. The van der Waals surface area contributed by atoms with E-state index in [4.69, 9.17) is 47.4 Å². The highest BCUT2D eigenvalue weighted by molar-refractivity contribution is 5.87. The molecule has 4 aliphatic rings. The van der Waals surface area contributed by atoms with Gasteiger partial charge in [-0.15, -0.1) is 0 Å². The molecule has 0 amide bonds. The van der Waals surface area contributed by atoms with Crippen LogP contribution >= 0.6 is 0 Å². The monoisotopic (exact) mass is 824 g/mol. The van der Waals surface area contributed by atoms with Crippen LogP contribution in [0.3, 0.4) is 0 Å². The predicted molar refractivity (Wildman–Crippen MR) is 225 cm³/mol. The van der Waals surface area contributed by atoms with E-state index in [2.05, 4.69) is 56.5 Å². The lowest BCUT2D eigenvalue weighted by Crippen LogP contribution is -2.29. The Balaban J connectivity index is 1.12. The van der Waals surface area contributed by atoms with E-state index < -0.39 is 11.9 Å². The molecule has 0 heterocycles. The first-order chi connectivity index (χ1) is 27.9. The lowest BCUT2D eigenvalue weighted by atomic mass is 9.69. The number of carbonyl (C=O) groups is 2. The summed E-state index contributed by atoms with van der Waals surface area (Å²) >= 11 is 0. The Morgan fingerprint density at radius 1 is 0.542 bits per heavy atom. The van der Waals surface area contributed by atoms with Crippen LogP contribution in [0.2, 0.25) is 0 Å². The fourth-order valence-electron chi connectivity index (χ4n) is 6.93. The zero-order chi connectivity index (χ0) is 43.4. The van der Waals surface area contributed by atoms with Gasteiger partial charge in [-0.3, -0.25) is 0 Å². The largest absolute Gasteiger partial charge is 0.491 e. The van der Waals surface area contributed by atoms with Crippen LogP contribution < -0.4 is 0 Å². The van der Waals surface area contributed by atoms with Crippen molar-refractivity contribution >= 4 is 11.9 Å². The van der Waals surface area contributed by atoms with Crippen LogP contribution in [0.1, 0.15) is 76.2 Å². The number of fused-ring (bicyclic) bond motifs is 5. The van der Waals surface area contributed by atoms with Crippen LogP contribution in [0, 0.1) is 11.3 Å². The Bertz CT molecular complexity index is 1700. The minimum Gasteiger partial charge on any atom is -0.491 e. The topological polar surface area (TPSA) is 126 Å². The quantitative estimate of drug-likeness (QED) is 0.0544. The van der Waals surface area contributed by atoms with Gasteiger partial charge in [0.05, 0.1) is 76.3 Å². The van der Waals surface area contributed by atoms with Gasteiger partial charge in [-0.1, -0.05) is 44.4 Å². The van der Waals surface area contributed by atoms with Crippen LogP contribution in [-0.4, -0.2) is 114 Å². The third-order valence-corrected chi connectivity index (χ3v) is 10.4. The Hall–Kier alpha value is -3.78. The molecule has 59 heavy (non-hydrogen) atoms. The molecule has 0 N–H and O–H groups in total. The molecule has 328 valence electrons. The molecule has 0 aromatic carbocycles. The molecule has 10 unspecified atom stereocenters. The lowest BCUT2D eigenvalue weighted by Gasteiger charge is -2.33. The van der Waals surface area contributed by atoms with E-state index in [9.17, 15) is 9.59 Å². The van der Waals surface area contributed by atoms with Gasteiger partial charge in [0.25, 0.3) is 0 Å².